The van der Waals surface area contributed by atoms with Gasteiger partial charge in [0, 0.05) is 29.2 Å². The Hall–Kier alpha value is -5.54. The molecule has 2 amide bonds. The average Bonchev–Trinajstić information content (AvgIpc) is 3.40. The summed E-state index contributed by atoms with van der Waals surface area (Å²) in [7, 11) is 1.84. The van der Waals surface area contributed by atoms with Gasteiger partial charge in [0.15, 0.2) is 0 Å². The molecule has 2 heterocycles. The van der Waals surface area contributed by atoms with Crippen molar-refractivity contribution in [2.75, 3.05) is 25.5 Å². The maximum Gasteiger partial charge on any atom is 0.337 e. The number of amides is 2. The number of likely N-dealkylation sites (N-methyl/N-ethyl adjacent to an activating group) is 1. The summed E-state index contributed by atoms with van der Waals surface area (Å²) < 4.78 is 32.1. The minimum Gasteiger partial charge on any atom is -0.351 e. The minimum atomic E-state index is -0.818. The molecule has 236 valence electrons. The second-order valence-corrected chi connectivity index (χ2v) is 11.2. The molecule has 0 radical (unpaired) electrons. The van der Waals surface area contributed by atoms with Crippen LogP contribution in [-0.4, -0.2) is 46.5 Å². The first-order valence-electron chi connectivity index (χ1n) is 13.9. The minimum absolute atomic E-state index is 0.229. The fourth-order valence-corrected chi connectivity index (χ4v) is 6.29. The van der Waals surface area contributed by atoms with Crippen molar-refractivity contribution in [1.82, 2.24) is 14.0 Å². The van der Waals surface area contributed by atoms with Crippen LogP contribution in [0.1, 0.15) is 11.1 Å². The zero-order chi connectivity index (χ0) is 32.8. The molecule has 0 saturated heterocycles. The summed E-state index contributed by atoms with van der Waals surface area (Å²) in [6.45, 7) is 0.608. The van der Waals surface area contributed by atoms with E-state index in [2.05, 4.69) is 20.6 Å². The van der Waals surface area contributed by atoms with Crippen LogP contribution >= 0.6 is 11.3 Å². The van der Waals surface area contributed by atoms with E-state index in [0.29, 0.717) is 40.5 Å². The molecule has 15 heteroatoms. The van der Waals surface area contributed by atoms with Crippen LogP contribution in [-0.2, 0) is 13.1 Å². The molecule has 0 fully saturated rings. The second-order valence-electron chi connectivity index (χ2n) is 10.2. The number of urea groups is 1. The van der Waals surface area contributed by atoms with E-state index in [1.54, 1.807) is 54.6 Å². The highest BCUT2D eigenvalue weighted by molar-refractivity contribution is 7.22. The third-order valence-electron chi connectivity index (χ3n) is 7.12. The molecule has 12 nitrogen and oxygen atoms in total. The second kappa shape index (κ2) is 14.0. The lowest BCUT2D eigenvalue weighted by Gasteiger charge is -2.17. The zero-order valence-electron chi connectivity index (χ0n) is 24.6. The average molecular weight is 646 g/mol. The van der Waals surface area contributed by atoms with Crippen LogP contribution in [0.25, 0.3) is 26.3 Å². The first kappa shape index (κ1) is 31.9. The van der Waals surface area contributed by atoms with Crippen molar-refractivity contribution >= 4 is 39.6 Å². The summed E-state index contributed by atoms with van der Waals surface area (Å²) in [5.74, 6) is 3.37. The van der Waals surface area contributed by atoms with Gasteiger partial charge in [0.25, 0.3) is 5.56 Å². The Morgan fingerprint density at radius 1 is 1.00 bits per heavy atom. The lowest BCUT2D eigenvalue weighted by Crippen LogP contribution is -2.39. The number of thiophene rings is 1. The van der Waals surface area contributed by atoms with Crippen LogP contribution in [0.15, 0.2) is 97.7 Å². The summed E-state index contributed by atoms with van der Waals surface area (Å²) in [5.41, 5.74) is 5.67. The van der Waals surface area contributed by atoms with E-state index in [-0.39, 0.29) is 22.3 Å². The zero-order valence-corrected chi connectivity index (χ0v) is 25.4. The summed E-state index contributed by atoms with van der Waals surface area (Å²) in [4.78, 5) is 46.7. The van der Waals surface area contributed by atoms with Crippen molar-refractivity contribution in [3.8, 4) is 16.1 Å². The summed E-state index contributed by atoms with van der Waals surface area (Å²) in [6.07, 6.45) is 1.24. The standard InChI is InChI=1S/C31H29F2N9O3S/c1-40(15-14-36-18-37-39-35)16-23-26-28(43)42(21-6-3-2-4-7-21)31(45)41(17-22-24(32)8-5-9-25(22)33)29(26)46-27(23)19-10-12-20(13-11-19)38-30(34)44/h2-13,18H,14-17H2,1H3,(H3,34,38,44)(H2,35,36,37). The number of rotatable bonds is 11. The number of halogens is 2. The van der Waals surface area contributed by atoms with E-state index in [9.17, 15) is 23.2 Å². The van der Waals surface area contributed by atoms with Gasteiger partial charge in [-0.2, -0.15) is 0 Å². The Morgan fingerprint density at radius 2 is 1.70 bits per heavy atom. The molecule has 5 N–H and O–H groups in total. The molecule has 2 aromatic heterocycles. The van der Waals surface area contributed by atoms with Crippen LogP contribution in [0.4, 0.5) is 19.3 Å². The van der Waals surface area contributed by atoms with Gasteiger partial charge >= 0.3 is 11.7 Å². The highest BCUT2D eigenvalue weighted by Crippen LogP contribution is 2.38. The van der Waals surface area contributed by atoms with Gasteiger partial charge in [-0.1, -0.05) is 41.6 Å². The molecule has 0 unspecified atom stereocenters. The first-order chi connectivity index (χ1) is 22.2. The van der Waals surface area contributed by atoms with E-state index in [0.717, 1.165) is 28.0 Å². The highest BCUT2D eigenvalue weighted by Gasteiger charge is 2.25. The Bertz CT molecular complexity index is 2040. The summed E-state index contributed by atoms with van der Waals surface area (Å²) >= 11 is 1.16. The monoisotopic (exact) mass is 645 g/mol. The number of hydrogen-bond donors (Lipinski definition) is 3. The predicted molar refractivity (Wildman–Crippen MR) is 175 cm³/mol. The fraction of sp³-hybridized carbons (Fsp3) is 0.161. The third-order valence-corrected chi connectivity index (χ3v) is 8.42. The van der Waals surface area contributed by atoms with Gasteiger partial charge in [-0.3, -0.25) is 14.4 Å². The Morgan fingerprint density at radius 3 is 2.35 bits per heavy atom. The lowest BCUT2D eigenvalue weighted by atomic mass is 10.1. The van der Waals surface area contributed by atoms with E-state index in [4.69, 9.17) is 11.6 Å². The van der Waals surface area contributed by atoms with E-state index in [1.807, 2.05) is 11.9 Å². The molecule has 0 saturated carbocycles. The van der Waals surface area contributed by atoms with Gasteiger partial charge in [0.1, 0.15) is 22.8 Å². The Labute approximate surface area is 264 Å². The number of carbonyl (C=O) groups excluding carboxylic acids is 1. The molecule has 0 bridgehead atoms. The quantitative estimate of drug-likeness (QED) is 0.0633. The fourth-order valence-electron chi connectivity index (χ4n) is 4.99. The molecule has 5 aromatic rings. The molecule has 5 rings (SSSR count). The molecule has 0 aliphatic rings. The number of nitrogens with zero attached hydrogens (tertiary/aromatic N) is 6. The topological polar surface area (TPSA) is 165 Å². The molecular weight excluding hydrogens is 616 g/mol. The van der Waals surface area contributed by atoms with Gasteiger partial charge in [-0.25, -0.2) is 22.9 Å². The normalized spacial score (nSPS) is 11.7. The Kier molecular flexibility index (Phi) is 9.73. The van der Waals surface area contributed by atoms with Crippen molar-refractivity contribution in [3.05, 3.63) is 116 Å². The summed E-state index contributed by atoms with van der Waals surface area (Å²) in [6, 6.07) is 17.9. The number of para-hydroxylation sites is 1. The number of nitrogens with one attached hydrogen (secondary N) is 1. The van der Waals surface area contributed by atoms with Crippen LogP contribution < -0.4 is 28.1 Å². The summed E-state index contributed by atoms with van der Waals surface area (Å²) in [5, 5.41) is 9.39. The van der Waals surface area contributed by atoms with E-state index < -0.39 is 35.5 Å². The van der Waals surface area contributed by atoms with Crippen molar-refractivity contribution in [1.29, 1.82) is 0 Å². The largest absolute Gasteiger partial charge is 0.351 e. The van der Waals surface area contributed by atoms with Gasteiger partial charge in [-0.05, 0) is 54.6 Å². The maximum atomic E-state index is 14.9. The van der Waals surface area contributed by atoms with Gasteiger partial charge in [0.05, 0.1) is 24.2 Å². The van der Waals surface area contributed by atoms with Crippen LogP contribution in [0.3, 0.4) is 0 Å². The van der Waals surface area contributed by atoms with Gasteiger partial charge in [-0.15, -0.1) is 16.5 Å². The first-order valence-corrected chi connectivity index (χ1v) is 14.7. The smallest absolute Gasteiger partial charge is 0.337 e. The van der Waals surface area contributed by atoms with E-state index >= 15 is 0 Å². The van der Waals surface area contributed by atoms with Crippen LogP contribution in [0.2, 0.25) is 0 Å². The number of nitrogens with two attached hydrogens (primary N) is 2. The number of anilines is 1. The number of carbonyl (C=O) groups is 1. The number of aliphatic imine (C=N–C) groups is 1. The van der Waals surface area contributed by atoms with E-state index in [1.165, 1.54) is 17.0 Å². The number of hydrogen-bond acceptors (Lipinski definition) is 7. The molecule has 0 spiro atoms. The van der Waals surface area contributed by atoms with Crippen LogP contribution in [0, 0.1) is 11.6 Å². The van der Waals surface area contributed by atoms with Crippen LogP contribution in [0.5, 0.6) is 0 Å². The number of benzene rings is 3. The SMILES string of the molecule is CN(CCN=CN=NN)Cc1c(-c2ccc(NC(N)=O)cc2)sc2c1c(=O)n(-c1ccccc1)c(=O)n2Cc1c(F)cccc1F. The molecule has 0 aliphatic heterocycles. The van der Waals surface area contributed by atoms with Crippen molar-refractivity contribution in [3.63, 3.8) is 0 Å². The molecule has 46 heavy (non-hydrogen) atoms. The molecule has 0 aliphatic carbocycles. The maximum absolute atomic E-state index is 14.9. The molecule has 3 aromatic carbocycles. The lowest BCUT2D eigenvalue weighted by molar-refractivity contribution is 0.259. The molecular formula is C31H29F2N9O3S. The van der Waals surface area contributed by atoms with Gasteiger partial charge in [0.2, 0.25) is 0 Å². The Balaban J connectivity index is 1.77. The predicted octanol–water partition coefficient (Wildman–Crippen LogP) is 4.48. The molecule has 0 atom stereocenters. The highest BCUT2D eigenvalue weighted by atomic mass is 32.1. The van der Waals surface area contributed by atoms with Crippen molar-refractivity contribution < 1.29 is 13.6 Å². The van der Waals surface area contributed by atoms with Crippen molar-refractivity contribution in [2.24, 2.45) is 26.9 Å². The number of fused-ring (bicyclic) bond motifs is 1. The number of primary amides is 1. The van der Waals surface area contributed by atoms with Crippen molar-refractivity contribution in [2.45, 2.75) is 13.1 Å². The number of aromatic nitrogens is 2. The third kappa shape index (κ3) is 6.74. The van der Waals surface area contributed by atoms with Gasteiger partial charge < -0.3 is 21.8 Å².